The molecule has 4 nitrogen and oxygen atoms in total. The minimum atomic E-state index is -0.701. The summed E-state index contributed by atoms with van der Waals surface area (Å²) in [6.07, 6.45) is -0.125. The highest BCUT2D eigenvalue weighted by Gasteiger charge is 2.14. The first-order valence-corrected chi connectivity index (χ1v) is 6.19. The van der Waals surface area contributed by atoms with Gasteiger partial charge in [-0.05, 0) is 18.1 Å². The second-order valence-electron chi connectivity index (χ2n) is 4.47. The number of aliphatic hydroxyl groups is 1. The zero-order valence-electron chi connectivity index (χ0n) is 11.3. The second kappa shape index (κ2) is 7.86. The van der Waals surface area contributed by atoms with Gasteiger partial charge in [0.25, 0.3) is 0 Å². The number of carbonyl (C=O) groups is 1. The summed E-state index contributed by atoms with van der Waals surface area (Å²) in [5.41, 5.74) is 0.529. The zero-order chi connectivity index (χ0) is 14.3. The number of amides is 1. The van der Waals surface area contributed by atoms with Crippen LogP contribution >= 0.6 is 0 Å². The molecule has 0 saturated heterocycles. The lowest BCUT2D eigenvalue weighted by molar-refractivity contribution is -0.131. The molecule has 0 fully saturated rings. The molecule has 1 rings (SSSR count). The summed E-state index contributed by atoms with van der Waals surface area (Å²) in [7, 11) is 3.10. The van der Waals surface area contributed by atoms with Crippen molar-refractivity contribution in [3.05, 3.63) is 35.6 Å². The molecule has 1 aromatic carbocycles. The number of ether oxygens (including phenoxy) is 1. The molecule has 0 aliphatic rings. The number of aryl methyl sites for hydroxylation is 1. The van der Waals surface area contributed by atoms with Crippen molar-refractivity contribution in [3.63, 3.8) is 0 Å². The number of benzene rings is 1. The Morgan fingerprint density at radius 2 is 2.16 bits per heavy atom. The molecule has 1 unspecified atom stereocenters. The molecule has 0 aromatic heterocycles. The second-order valence-corrected chi connectivity index (χ2v) is 4.47. The number of carbonyl (C=O) groups excluding carboxylic acids is 1. The summed E-state index contributed by atoms with van der Waals surface area (Å²) >= 11 is 0. The maximum absolute atomic E-state index is 13.4. The number of halogens is 1. The van der Waals surface area contributed by atoms with Crippen molar-refractivity contribution >= 4 is 5.91 Å². The van der Waals surface area contributed by atoms with E-state index in [1.54, 1.807) is 25.2 Å². The summed E-state index contributed by atoms with van der Waals surface area (Å²) in [5.74, 6) is -0.421. The lowest BCUT2D eigenvalue weighted by Gasteiger charge is -2.20. The fraction of sp³-hybridized carbons (Fsp3) is 0.500. The largest absolute Gasteiger partial charge is 0.389 e. The van der Waals surface area contributed by atoms with Gasteiger partial charge in [-0.1, -0.05) is 18.2 Å². The van der Waals surface area contributed by atoms with Crippen LogP contribution in [0.4, 0.5) is 4.39 Å². The summed E-state index contributed by atoms with van der Waals surface area (Å²) in [6, 6.07) is 6.41. The highest BCUT2D eigenvalue weighted by atomic mass is 19.1. The molecule has 0 aliphatic heterocycles. The quantitative estimate of drug-likeness (QED) is 0.810. The molecule has 19 heavy (non-hydrogen) atoms. The highest BCUT2D eigenvalue weighted by molar-refractivity contribution is 5.76. The van der Waals surface area contributed by atoms with Crippen molar-refractivity contribution in [2.24, 2.45) is 0 Å². The molecule has 1 atom stereocenters. The Morgan fingerprint density at radius 1 is 1.47 bits per heavy atom. The van der Waals surface area contributed by atoms with Gasteiger partial charge in [0, 0.05) is 27.1 Å². The van der Waals surface area contributed by atoms with Gasteiger partial charge in [0.2, 0.25) is 5.91 Å². The van der Waals surface area contributed by atoms with Gasteiger partial charge in [0.05, 0.1) is 12.7 Å². The number of methoxy groups -OCH3 is 1. The third-order valence-electron chi connectivity index (χ3n) is 2.84. The fourth-order valence-electron chi connectivity index (χ4n) is 1.80. The van der Waals surface area contributed by atoms with Crippen LogP contribution < -0.4 is 0 Å². The standard InChI is InChI=1S/C14H20FNO3/c1-16(9-12(17)10-19-2)14(18)8-7-11-5-3-4-6-13(11)15/h3-6,12,17H,7-10H2,1-2H3. The third-order valence-corrected chi connectivity index (χ3v) is 2.84. The molecule has 0 heterocycles. The van der Waals surface area contributed by atoms with Crippen molar-refractivity contribution in [3.8, 4) is 0 Å². The van der Waals surface area contributed by atoms with Crippen LogP contribution in [-0.2, 0) is 16.0 Å². The molecule has 0 saturated carbocycles. The van der Waals surface area contributed by atoms with Crippen molar-refractivity contribution in [1.82, 2.24) is 4.90 Å². The Labute approximate surface area is 112 Å². The molecule has 0 spiro atoms. The predicted octanol–water partition coefficient (Wildman–Crippen LogP) is 1.22. The van der Waals surface area contributed by atoms with E-state index in [0.717, 1.165) is 0 Å². The predicted molar refractivity (Wildman–Crippen MR) is 70.2 cm³/mol. The number of hydrogen-bond acceptors (Lipinski definition) is 3. The lowest BCUT2D eigenvalue weighted by atomic mass is 10.1. The number of likely N-dealkylation sites (N-methyl/N-ethyl adjacent to an activating group) is 1. The van der Waals surface area contributed by atoms with Crippen LogP contribution in [0.5, 0.6) is 0 Å². The third kappa shape index (κ3) is 5.36. The van der Waals surface area contributed by atoms with E-state index < -0.39 is 6.10 Å². The first-order valence-electron chi connectivity index (χ1n) is 6.19. The molecule has 1 amide bonds. The lowest BCUT2D eigenvalue weighted by Crippen LogP contribution is -2.36. The number of aliphatic hydroxyl groups excluding tert-OH is 1. The van der Waals surface area contributed by atoms with Gasteiger partial charge in [-0.2, -0.15) is 0 Å². The first-order chi connectivity index (χ1) is 9.04. The maximum Gasteiger partial charge on any atom is 0.222 e. The monoisotopic (exact) mass is 269 g/mol. The zero-order valence-corrected chi connectivity index (χ0v) is 11.3. The van der Waals surface area contributed by atoms with Crippen LogP contribution in [-0.4, -0.2) is 49.3 Å². The van der Waals surface area contributed by atoms with E-state index in [-0.39, 0.29) is 31.3 Å². The van der Waals surface area contributed by atoms with E-state index in [0.29, 0.717) is 12.0 Å². The average molecular weight is 269 g/mol. The normalized spacial score (nSPS) is 12.2. The van der Waals surface area contributed by atoms with E-state index in [9.17, 15) is 14.3 Å². The van der Waals surface area contributed by atoms with Crippen LogP contribution in [0.25, 0.3) is 0 Å². The van der Waals surface area contributed by atoms with Gasteiger partial charge >= 0.3 is 0 Å². The summed E-state index contributed by atoms with van der Waals surface area (Å²) in [5, 5.41) is 9.52. The van der Waals surface area contributed by atoms with Crippen molar-refractivity contribution in [2.75, 3.05) is 27.3 Å². The van der Waals surface area contributed by atoms with Crippen molar-refractivity contribution in [1.29, 1.82) is 0 Å². The minimum Gasteiger partial charge on any atom is -0.389 e. The van der Waals surface area contributed by atoms with Crippen LogP contribution in [0.3, 0.4) is 0 Å². The molecular formula is C14H20FNO3. The molecule has 106 valence electrons. The molecular weight excluding hydrogens is 249 g/mol. The molecule has 1 N–H and O–H groups in total. The van der Waals surface area contributed by atoms with Crippen LogP contribution in [0.1, 0.15) is 12.0 Å². The number of nitrogens with zero attached hydrogens (tertiary/aromatic N) is 1. The molecule has 0 aliphatic carbocycles. The first kappa shape index (κ1) is 15.6. The summed E-state index contributed by atoms with van der Waals surface area (Å²) in [6.45, 7) is 0.398. The van der Waals surface area contributed by atoms with Crippen LogP contribution in [0.2, 0.25) is 0 Å². The van der Waals surface area contributed by atoms with Gasteiger partial charge in [-0.3, -0.25) is 4.79 Å². The Hall–Kier alpha value is -1.46. The summed E-state index contributed by atoms with van der Waals surface area (Å²) in [4.78, 5) is 13.3. The fourth-order valence-corrected chi connectivity index (χ4v) is 1.80. The van der Waals surface area contributed by atoms with E-state index in [1.807, 2.05) is 0 Å². The van der Waals surface area contributed by atoms with Gasteiger partial charge < -0.3 is 14.7 Å². The van der Waals surface area contributed by atoms with Crippen LogP contribution in [0.15, 0.2) is 24.3 Å². The SMILES string of the molecule is COCC(O)CN(C)C(=O)CCc1ccccc1F. The number of rotatable bonds is 7. The maximum atomic E-state index is 13.4. The van der Waals surface area contributed by atoms with Gasteiger partial charge in [0.15, 0.2) is 0 Å². The molecule has 0 bridgehead atoms. The Bertz CT molecular complexity index is 411. The molecule has 5 heteroatoms. The Morgan fingerprint density at radius 3 is 2.79 bits per heavy atom. The minimum absolute atomic E-state index is 0.126. The number of hydrogen-bond donors (Lipinski definition) is 1. The van der Waals surface area contributed by atoms with Crippen molar-refractivity contribution < 1.29 is 19.0 Å². The van der Waals surface area contributed by atoms with Crippen LogP contribution in [0, 0.1) is 5.82 Å². The van der Waals surface area contributed by atoms with E-state index in [4.69, 9.17) is 4.74 Å². The molecule has 0 radical (unpaired) electrons. The van der Waals surface area contributed by atoms with E-state index >= 15 is 0 Å². The highest BCUT2D eigenvalue weighted by Crippen LogP contribution is 2.09. The van der Waals surface area contributed by atoms with E-state index in [1.165, 1.54) is 18.1 Å². The molecule has 1 aromatic rings. The Balaban J connectivity index is 2.40. The summed E-state index contributed by atoms with van der Waals surface area (Å²) < 4.78 is 18.2. The Kier molecular flexibility index (Phi) is 6.45. The smallest absolute Gasteiger partial charge is 0.222 e. The topological polar surface area (TPSA) is 49.8 Å². The van der Waals surface area contributed by atoms with Gasteiger partial charge in [-0.15, -0.1) is 0 Å². The van der Waals surface area contributed by atoms with Crippen molar-refractivity contribution in [2.45, 2.75) is 18.9 Å². The average Bonchev–Trinajstić information content (AvgIpc) is 2.37. The van der Waals surface area contributed by atoms with Gasteiger partial charge in [0.1, 0.15) is 5.82 Å². The van der Waals surface area contributed by atoms with Gasteiger partial charge in [-0.25, -0.2) is 4.39 Å². The van der Waals surface area contributed by atoms with E-state index in [2.05, 4.69) is 0 Å².